The van der Waals surface area contributed by atoms with E-state index in [1.54, 1.807) is 0 Å². The Balaban J connectivity index is 4.17. The van der Waals surface area contributed by atoms with Gasteiger partial charge in [0.2, 0.25) is 5.91 Å². The summed E-state index contributed by atoms with van der Waals surface area (Å²) in [5.41, 5.74) is 0. The van der Waals surface area contributed by atoms with E-state index in [9.17, 15) is 9.59 Å². The third-order valence-corrected chi connectivity index (χ3v) is 1.76. The number of carbonyl (C=O) groups excluding carboxylic acids is 1. The molecule has 0 aliphatic rings. The zero-order valence-corrected chi connectivity index (χ0v) is 9.39. The lowest BCUT2D eigenvalue weighted by molar-refractivity contribution is -0.146. The lowest BCUT2D eigenvalue weighted by Gasteiger charge is -2.22. The first-order chi connectivity index (χ1) is 6.97. The van der Waals surface area contributed by atoms with Crippen molar-refractivity contribution < 1.29 is 19.4 Å². The van der Waals surface area contributed by atoms with E-state index in [-0.39, 0.29) is 19.1 Å². The minimum absolute atomic E-state index is 0.0826. The zero-order valence-electron chi connectivity index (χ0n) is 9.39. The predicted octanol–water partition coefficient (Wildman–Crippen LogP) is -0.892. The molecule has 0 aromatic heterocycles. The maximum absolute atomic E-state index is 11.4. The fourth-order valence-electron chi connectivity index (χ4n) is 0.991. The average molecular weight is 218 g/mol. The number of hydrogen-bond acceptors (Lipinski definition) is 4. The maximum Gasteiger partial charge on any atom is 0.323 e. The molecule has 88 valence electrons. The zero-order chi connectivity index (χ0) is 11.8. The first kappa shape index (κ1) is 13.9. The number of carboxylic acids is 1. The Morgan fingerprint density at radius 3 is 2.27 bits per heavy atom. The highest BCUT2D eigenvalue weighted by molar-refractivity contribution is 5.82. The Bertz CT molecular complexity index is 218. The summed E-state index contributed by atoms with van der Waals surface area (Å²) in [5.74, 6) is -1.32. The summed E-state index contributed by atoms with van der Waals surface area (Å²) >= 11 is 0. The Hall–Kier alpha value is -1.14. The van der Waals surface area contributed by atoms with Crippen LogP contribution in [0.5, 0.6) is 0 Å². The molecule has 0 aromatic carbocycles. The molecular weight excluding hydrogens is 200 g/mol. The molecule has 0 bridgehead atoms. The summed E-state index contributed by atoms with van der Waals surface area (Å²) in [6.45, 7) is 0.654. The van der Waals surface area contributed by atoms with Crippen LogP contribution in [-0.4, -0.2) is 74.2 Å². The summed E-state index contributed by atoms with van der Waals surface area (Å²) in [4.78, 5) is 25.1. The SMILES string of the molecule is COCC(=O)N(CCN(C)C)CC(=O)O. The van der Waals surface area contributed by atoms with Crippen LogP contribution in [0.2, 0.25) is 0 Å². The Labute approximate surface area is 89.4 Å². The second-order valence-corrected chi connectivity index (χ2v) is 3.45. The van der Waals surface area contributed by atoms with Gasteiger partial charge in [0.1, 0.15) is 13.2 Å². The van der Waals surface area contributed by atoms with Crippen LogP contribution in [0.15, 0.2) is 0 Å². The molecule has 0 fully saturated rings. The number of carboxylic acid groups (broad SMARTS) is 1. The molecular formula is C9H18N2O4. The summed E-state index contributed by atoms with van der Waals surface area (Å²) < 4.78 is 4.68. The molecule has 6 nitrogen and oxygen atoms in total. The summed E-state index contributed by atoms with van der Waals surface area (Å²) in [7, 11) is 5.13. The van der Waals surface area contributed by atoms with Gasteiger partial charge in [-0.3, -0.25) is 9.59 Å². The third kappa shape index (κ3) is 6.87. The molecule has 1 amide bonds. The number of amides is 1. The van der Waals surface area contributed by atoms with Crippen molar-refractivity contribution in [2.24, 2.45) is 0 Å². The van der Waals surface area contributed by atoms with Crippen molar-refractivity contribution in [2.45, 2.75) is 0 Å². The first-order valence-electron chi connectivity index (χ1n) is 4.60. The van der Waals surface area contributed by atoms with E-state index >= 15 is 0 Å². The average Bonchev–Trinajstić information content (AvgIpc) is 2.11. The number of carbonyl (C=O) groups is 2. The number of methoxy groups -OCH3 is 1. The van der Waals surface area contributed by atoms with Gasteiger partial charge in [-0.25, -0.2) is 0 Å². The fraction of sp³-hybridized carbons (Fsp3) is 0.778. The summed E-state index contributed by atoms with van der Waals surface area (Å²) in [5, 5.41) is 8.62. The van der Waals surface area contributed by atoms with E-state index in [1.807, 2.05) is 19.0 Å². The molecule has 0 aliphatic heterocycles. The van der Waals surface area contributed by atoms with Crippen LogP contribution in [0.1, 0.15) is 0 Å². The lowest BCUT2D eigenvalue weighted by Crippen LogP contribution is -2.41. The Morgan fingerprint density at radius 1 is 1.27 bits per heavy atom. The van der Waals surface area contributed by atoms with Crippen LogP contribution in [-0.2, 0) is 14.3 Å². The van der Waals surface area contributed by atoms with Gasteiger partial charge in [0.05, 0.1) is 0 Å². The van der Waals surface area contributed by atoms with E-state index in [0.29, 0.717) is 13.1 Å². The van der Waals surface area contributed by atoms with E-state index < -0.39 is 5.97 Å². The van der Waals surface area contributed by atoms with Gasteiger partial charge < -0.3 is 19.6 Å². The van der Waals surface area contributed by atoms with Crippen molar-refractivity contribution in [3.63, 3.8) is 0 Å². The van der Waals surface area contributed by atoms with Crippen molar-refractivity contribution in [3.8, 4) is 0 Å². The second kappa shape index (κ2) is 7.19. The second-order valence-electron chi connectivity index (χ2n) is 3.45. The van der Waals surface area contributed by atoms with Crippen molar-refractivity contribution >= 4 is 11.9 Å². The molecule has 15 heavy (non-hydrogen) atoms. The largest absolute Gasteiger partial charge is 0.480 e. The monoisotopic (exact) mass is 218 g/mol. The van der Waals surface area contributed by atoms with E-state index in [1.165, 1.54) is 12.0 Å². The first-order valence-corrected chi connectivity index (χ1v) is 4.60. The van der Waals surface area contributed by atoms with Gasteiger partial charge in [-0.05, 0) is 14.1 Å². The molecule has 0 aliphatic carbocycles. The van der Waals surface area contributed by atoms with Crippen molar-refractivity contribution in [1.29, 1.82) is 0 Å². The molecule has 0 saturated heterocycles. The summed E-state index contributed by atoms with van der Waals surface area (Å²) in [6.07, 6.45) is 0. The van der Waals surface area contributed by atoms with Gasteiger partial charge in [0.15, 0.2) is 0 Å². The number of hydrogen-bond donors (Lipinski definition) is 1. The van der Waals surface area contributed by atoms with Gasteiger partial charge in [-0.1, -0.05) is 0 Å². The van der Waals surface area contributed by atoms with Crippen molar-refractivity contribution in [3.05, 3.63) is 0 Å². The van der Waals surface area contributed by atoms with Gasteiger partial charge in [-0.2, -0.15) is 0 Å². The third-order valence-electron chi connectivity index (χ3n) is 1.76. The van der Waals surface area contributed by atoms with Crippen LogP contribution in [0.4, 0.5) is 0 Å². The standard InChI is InChI=1S/C9H18N2O4/c1-10(2)4-5-11(6-9(13)14)8(12)7-15-3/h4-7H2,1-3H3,(H,13,14). The van der Waals surface area contributed by atoms with Gasteiger partial charge in [-0.15, -0.1) is 0 Å². The molecule has 0 aromatic rings. The van der Waals surface area contributed by atoms with Crippen molar-refractivity contribution in [1.82, 2.24) is 9.80 Å². The molecule has 0 rings (SSSR count). The molecule has 1 N–H and O–H groups in total. The van der Waals surface area contributed by atoms with E-state index in [2.05, 4.69) is 4.74 Å². The van der Waals surface area contributed by atoms with Crippen LogP contribution in [0.3, 0.4) is 0 Å². The predicted molar refractivity (Wildman–Crippen MR) is 54.6 cm³/mol. The van der Waals surface area contributed by atoms with Crippen LogP contribution in [0.25, 0.3) is 0 Å². The van der Waals surface area contributed by atoms with Gasteiger partial charge in [0.25, 0.3) is 0 Å². The van der Waals surface area contributed by atoms with Gasteiger partial charge >= 0.3 is 5.97 Å². The minimum atomic E-state index is -1.02. The molecule has 0 radical (unpaired) electrons. The smallest absolute Gasteiger partial charge is 0.323 e. The molecule has 6 heteroatoms. The van der Waals surface area contributed by atoms with Gasteiger partial charge in [0, 0.05) is 20.2 Å². The molecule has 0 spiro atoms. The van der Waals surface area contributed by atoms with Crippen molar-refractivity contribution in [2.75, 3.05) is 47.4 Å². The molecule has 0 atom stereocenters. The van der Waals surface area contributed by atoms with E-state index in [0.717, 1.165) is 0 Å². The Kier molecular flexibility index (Phi) is 6.64. The van der Waals surface area contributed by atoms with Crippen LogP contribution >= 0.6 is 0 Å². The summed E-state index contributed by atoms with van der Waals surface area (Å²) in [6, 6.07) is 0. The highest BCUT2D eigenvalue weighted by atomic mass is 16.5. The topological polar surface area (TPSA) is 70.1 Å². The fourth-order valence-corrected chi connectivity index (χ4v) is 0.991. The molecule has 0 heterocycles. The number of ether oxygens (including phenoxy) is 1. The molecule has 0 unspecified atom stereocenters. The number of aliphatic carboxylic acids is 1. The quantitative estimate of drug-likeness (QED) is 0.600. The number of nitrogens with zero attached hydrogens (tertiary/aromatic N) is 2. The highest BCUT2D eigenvalue weighted by Crippen LogP contribution is 1.92. The maximum atomic E-state index is 11.4. The highest BCUT2D eigenvalue weighted by Gasteiger charge is 2.16. The van der Waals surface area contributed by atoms with Crippen LogP contribution in [0, 0.1) is 0 Å². The number of rotatable bonds is 7. The lowest BCUT2D eigenvalue weighted by atomic mass is 10.4. The van der Waals surface area contributed by atoms with Crippen LogP contribution < -0.4 is 0 Å². The van der Waals surface area contributed by atoms with E-state index in [4.69, 9.17) is 5.11 Å². The molecule has 0 saturated carbocycles. The number of likely N-dealkylation sites (N-methyl/N-ethyl adjacent to an activating group) is 1. The normalized spacial score (nSPS) is 10.4. The minimum Gasteiger partial charge on any atom is -0.480 e. The Morgan fingerprint density at radius 2 is 1.87 bits per heavy atom.